The third kappa shape index (κ3) is 3.31. The Labute approximate surface area is 114 Å². The highest BCUT2D eigenvalue weighted by atomic mass is 16.5. The quantitative estimate of drug-likeness (QED) is 0.728. The van der Waals surface area contributed by atoms with Gasteiger partial charge in [0.1, 0.15) is 5.54 Å². The molecule has 0 radical (unpaired) electrons. The molecule has 1 aliphatic rings. The fraction of sp³-hybridized carbons (Fsp3) is 0.667. The summed E-state index contributed by atoms with van der Waals surface area (Å²) in [6.45, 7) is 8.49. The van der Waals surface area contributed by atoms with Gasteiger partial charge in [-0.2, -0.15) is 0 Å². The highest BCUT2D eigenvalue weighted by Crippen LogP contribution is 2.33. The molecule has 4 nitrogen and oxygen atoms in total. The average Bonchev–Trinajstić information content (AvgIpc) is 3.19. The van der Waals surface area contributed by atoms with Crippen LogP contribution in [0.15, 0.2) is 17.3 Å². The van der Waals surface area contributed by atoms with Gasteiger partial charge in [0.15, 0.2) is 0 Å². The molecule has 2 rings (SSSR count). The summed E-state index contributed by atoms with van der Waals surface area (Å²) >= 11 is 0. The molecule has 1 aromatic rings. The van der Waals surface area contributed by atoms with Crippen LogP contribution in [0, 0.1) is 10.8 Å². The van der Waals surface area contributed by atoms with Crippen molar-refractivity contribution in [3.63, 3.8) is 0 Å². The number of aromatic nitrogens is 1. The molecule has 0 aliphatic heterocycles. The Bertz CT molecular complexity index is 465. The van der Waals surface area contributed by atoms with Crippen molar-refractivity contribution in [1.29, 1.82) is 0 Å². The molecule has 0 saturated heterocycles. The Morgan fingerprint density at radius 1 is 1.42 bits per heavy atom. The highest BCUT2D eigenvalue weighted by Gasteiger charge is 2.26. The second-order valence-electron chi connectivity index (χ2n) is 6.15. The Morgan fingerprint density at radius 3 is 2.63 bits per heavy atom. The van der Waals surface area contributed by atoms with E-state index in [4.69, 9.17) is 4.74 Å². The van der Waals surface area contributed by atoms with Crippen LogP contribution in [-0.4, -0.2) is 11.6 Å². The van der Waals surface area contributed by atoms with Gasteiger partial charge >= 0.3 is 0 Å². The van der Waals surface area contributed by atoms with Crippen LogP contribution in [0.5, 0.6) is 5.88 Å². The Balaban J connectivity index is 2.28. The van der Waals surface area contributed by atoms with E-state index in [9.17, 15) is 4.91 Å². The van der Waals surface area contributed by atoms with E-state index in [1.807, 2.05) is 12.1 Å². The first-order chi connectivity index (χ1) is 8.94. The molecule has 1 saturated carbocycles. The second kappa shape index (κ2) is 5.27. The molecule has 1 aromatic heterocycles. The summed E-state index contributed by atoms with van der Waals surface area (Å²) in [5, 5.41) is 3.15. The average molecular weight is 262 g/mol. The predicted octanol–water partition coefficient (Wildman–Crippen LogP) is 4.00. The van der Waals surface area contributed by atoms with Crippen molar-refractivity contribution in [2.75, 3.05) is 6.61 Å². The molecule has 4 heteroatoms. The minimum atomic E-state index is -0.812. The maximum Gasteiger partial charge on any atom is 0.217 e. The summed E-state index contributed by atoms with van der Waals surface area (Å²) in [4.78, 5) is 15.4. The van der Waals surface area contributed by atoms with Gasteiger partial charge < -0.3 is 4.74 Å². The summed E-state index contributed by atoms with van der Waals surface area (Å²) in [5.41, 5.74) is 0.941. The molecule has 0 N–H and O–H groups in total. The number of ether oxygens (including phenoxy) is 1. The minimum absolute atomic E-state index is 0.350. The topological polar surface area (TPSA) is 51.5 Å². The lowest BCUT2D eigenvalue weighted by Crippen LogP contribution is -2.16. The number of nitroso groups, excluding NO2 is 1. The zero-order chi connectivity index (χ0) is 14.0. The standard InChI is InChI=1S/C15H22N2O2/c1-10(2)12-7-8-13(15(3,4)17-18)16-14(12)19-9-11-5-6-11/h7-8,10-11H,5-6,9H2,1-4H3. The van der Waals surface area contributed by atoms with E-state index in [1.54, 1.807) is 13.8 Å². The normalized spacial score (nSPS) is 15.6. The van der Waals surface area contributed by atoms with Crippen LogP contribution in [0.25, 0.3) is 0 Å². The first-order valence-electron chi connectivity index (χ1n) is 6.92. The molecular weight excluding hydrogens is 240 g/mol. The molecule has 0 atom stereocenters. The van der Waals surface area contributed by atoms with Crippen LogP contribution >= 0.6 is 0 Å². The fourth-order valence-corrected chi connectivity index (χ4v) is 1.88. The monoisotopic (exact) mass is 262 g/mol. The predicted molar refractivity (Wildman–Crippen MR) is 75.4 cm³/mol. The number of hydrogen-bond acceptors (Lipinski definition) is 4. The third-order valence-electron chi connectivity index (χ3n) is 3.52. The molecule has 0 unspecified atom stereocenters. The smallest absolute Gasteiger partial charge is 0.217 e. The summed E-state index contributed by atoms with van der Waals surface area (Å²) in [6.07, 6.45) is 2.50. The van der Waals surface area contributed by atoms with Crippen molar-refractivity contribution in [2.45, 2.75) is 52.0 Å². The van der Waals surface area contributed by atoms with Crippen molar-refractivity contribution in [2.24, 2.45) is 11.1 Å². The molecule has 0 aromatic carbocycles. The van der Waals surface area contributed by atoms with E-state index in [-0.39, 0.29) is 0 Å². The second-order valence-corrected chi connectivity index (χ2v) is 6.15. The van der Waals surface area contributed by atoms with Crippen LogP contribution in [-0.2, 0) is 5.54 Å². The van der Waals surface area contributed by atoms with Gasteiger partial charge in [0.05, 0.1) is 12.3 Å². The summed E-state index contributed by atoms with van der Waals surface area (Å²) < 4.78 is 5.85. The molecular formula is C15H22N2O2. The van der Waals surface area contributed by atoms with Crippen molar-refractivity contribution < 1.29 is 4.74 Å². The highest BCUT2D eigenvalue weighted by molar-refractivity contribution is 5.33. The van der Waals surface area contributed by atoms with E-state index in [0.717, 1.165) is 12.2 Å². The Morgan fingerprint density at radius 2 is 2.11 bits per heavy atom. The first kappa shape index (κ1) is 14.0. The maximum atomic E-state index is 10.9. The van der Waals surface area contributed by atoms with Gasteiger partial charge in [-0.3, -0.25) is 0 Å². The first-order valence-corrected chi connectivity index (χ1v) is 6.92. The summed E-state index contributed by atoms with van der Waals surface area (Å²) in [5.74, 6) is 1.70. The van der Waals surface area contributed by atoms with Gasteiger partial charge in [0.25, 0.3) is 0 Å². The zero-order valence-electron chi connectivity index (χ0n) is 12.1. The molecule has 19 heavy (non-hydrogen) atoms. The van der Waals surface area contributed by atoms with Gasteiger partial charge in [-0.15, -0.1) is 4.91 Å². The number of hydrogen-bond donors (Lipinski definition) is 0. The van der Waals surface area contributed by atoms with Crippen molar-refractivity contribution >= 4 is 0 Å². The Kier molecular flexibility index (Phi) is 3.88. The number of nitrogens with zero attached hydrogens (tertiary/aromatic N) is 2. The van der Waals surface area contributed by atoms with Gasteiger partial charge in [-0.05, 0) is 44.6 Å². The lowest BCUT2D eigenvalue weighted by atomic mass is 9.98. The number of rotatable bonds is 6. The van der Waals surface area contributed by atoms with Crippen LogP contribution < -0.4 is 4.74 Å². The minimum Gasteiger partial charge on any atom is -0.477 e. The van der Waals surface area contributed by atoms with Gasteiger partial charge in [0.2, 0.25) is 5.88 Å². The van der Waals surface area contributed by atoms with Gasteiger partial charge in [0, 0.05) is 5.56 Å². The zero-order valence-corrected chi connectivity index (χ0v) is 12.1. The number of pyridine rings is 1. The van der Waals surface area contributed by atoms with Crippen LogP contribution in [0.1, 0.15) is 57.7 Å². The van der Waals surface area contributed by atoms with Gasteiger partial charge in [-0.25, -0.2) is 4.98 Å². The molecule has 1 fully saturated rings. The van der Waals surface area contributed by atoms with E-state index < -0.39 is 5.54 Å². The molecule has 0 amide bonds. The summed E-state index contributed by atoms with van der Waals surface area (Å²) in [7, 11) is 0. The lowest BCUT2D eigenvalue weighted by Gasteiger charge is -2.19. The third-order valence-corrected chi connectivity index (χ3v) is 3.52. The largest absolute Gasteiger partial charge is 0.477 e. The molecule has 104 valence electrons. The van der Waals surface area contributed by atoms with E-state index >= 15 is 0 Å². The van der Waals surface area contributed by atoms with E-state index in [1.165, 1.54) is 12.8 Å². The van der Waals surface area contributed by atoms with Crippen molar-refractivity contribution in [1.82, 2.24) is 4.98 Å². The van der Waals surface area contributed by atoms with Crippen LogP contribution in [0.3, 0.4) is 0 Å². The van der Waals surface area contributed by atoms with Crippen LogP contribution in [0.2, 0.25) is 0 Å². The summed E-state index contributed by atoms with van der Waals surface area (Å²) in [6, 6.07) is 3.88. The molecule has 0 bridgehead atoms. The molecule has 1 aliphatic carbocycles. The van der Waals surface area contributed by atoms with Gasteiger partial charge in [-0.1, -0.05) is 25.1 Å². The SMILES string of the molecule is CC(C)c1ccc(C(C)(C)N=O)nc1OCC1CC1. The fourth-order valence-electron chi connectivity index (χ4n) is 1.88. The Hall–Kier alpha value is -1.45. The van der Waals surface area contributed by atoms with Crippen molar-refractivity contribution in [3.05, 3.63) is 28.3 Å². The molecule has 0 spiro atoms. The van der Waals surface area contributed by atoms with E-state index in [2.05, 4.69) is 24.0 Å². The van der Waals surface area contributed by atoms with Crippen molar-refractivity contribution in [3.8, 4) is 5.88 Å². The maximum absolute atomic E-state index is 10.9. The van der Waals surface area contributed by atoms with E-state index in [0.29, 0.717) is 23.4 Å². The van der Waals surface area contributed by atoms with Crippen LogP contribution in [0.4, 0.5) is 0 Å². The lowest BCUT2D eigenvalue weighted by molar-refractivity contribution is 0.281. The molecule has 1 heterocycles.